The summed E-state index contributed by atoms with van der Waals surface area (Å²) >= 11 is 1.58. The van der Waals surface area contributed by atoms with Crippen molar-refractivity contribution >= 4 is 33.3 Å². The van der Waals surface area contributed by atoms with Crippen molar-refractivity contribution in [2.45, 2.75) is 6.42 Å². The zero-order valence-electron chi connectivity index (χ0n) is 13.0. The summed E-state index contributed by atoms with van der Waals surface area (Å²) in [6.45, 7) is 0.688. The van der Waals surface area contributed by atoms with Crippen molar-refractivity contribution in [3.05, 3.63) is 42.0 Å². The molecule has 2 aromatic heterocycles. The first-order valence-corrected chi connectivity index (χ1v) is 8.56. The fourth-order valence-corrected chi connectivity index (χ4v) is 3.33. The molecule has 7 heteroatoms. The van der Waals surface area contributed by atoms with E-state index in [2.05, 4.69) is 38.1 Å². The Morgan fingerprint density at radius 3 is 2.79 bits per heavy atom. The van der Waals surface area contributed by atoms with Gasteiger partial charge in [0.15, 0.2) is 0 Å². The SMILES string of the molecule is O=C(CCNc1ncnc2scc(-c3ccccc3)c12)NCCO. The predicted molar refractivity (Wildman–Crippen MR) is 96.1 cm³/mol. The number of aliphatic hydroxyl groups is 1. The largest absolute Gasteiger partial charge is 0.395 e. The average Bonchev–Trinajstić information content (AvgIpc) is 3.06. The first-order chi connectivity index (χ1) is 11.8. The number of aromatic nitrogens is 2. The van der Waals surface area contributed by atoms with Gasteiger partial charge in [-0.25, -0.2) is 9.97 Å². The van der Waals surface area contributed by atoms with Gasteiger partial charge in [0, 0.05) is 30.5 Å². The van der Waals surface area contributed by atoms with Crippen molar-refractivity contribution in [3.63, 3.8) is 0 Å². The summed E-state index contributed by atoms with van der Waals surface area (Å²) in [6.07, 6.45) is 1.85. The van der Waals surface area contributed by atoms with Crippen LogP contribution >= 0.6 is 11.3 Å². The number of thiophene rings is 1. The summed E-state index contributed by atoms with van der Waals surface area (Å²) in [5.41, 5.74) is 2.20. The lowest BCUT2D eigenvalue weighted by Crippen LogP contribution is -2.28. The Bertz CT molecular complexity index is 820. The van der Waals surface area contributed by atoms with Gasteiger partial charge in [0.1, 0.15) is 17.0 Å². The van der Waals surface area contributed by atoms with Crippen molar-refractivity contribution < 1.29 is 9.90 Å². The molecule has 0 saturated carbocycles. The lowest BCUT2D eigenvalue weighted by atomic mass is 10.1. The minimum atomic E-state index is -0.101. The summed E-state index contributed by atoms with van der Waals surface area (Å²) in [5.74, 6) is 0.630. The number of hydrogen-bond donors (Lipinski definition) is 3. The zero-order valence-corrected chi connectivity index (χ0v) is 13.8. The molecule has 124 valence electrons. The van der Waals surface area contributed by atoms with Crippen LogP contribution in [0.25, 0.3) is 21.3 Å². The van der Waals surface area contributed by atoms with Gasteiger partial charge >= 0.3 is 0 Å². The van der Waals surface area contributed by atoms with Crippen LogP contribution in [0.3, 0.4) is 0 Å². The normalized spacial score (nSPS) is 10.7. The number of benzene rings is 1. The molecule has 0 aliphatic carbocycles. The van der Waals surface area contributed by atoms with Crippen molar-refractivity contribution in [2.75, 3.05) is 25.0 Å². The van der Waals surface area contributed by atoms with Crippen LogP contribution in [0.15, 0.2) is 42.0 Å². The second-order valence-corrected chi connectivity index (χ2v) is 6.03. The van der Waals surface area contributed by atoms with E-state index in [-0.39, 0.29) is 19.1 Å². The van der Waals surface area contributed by atoms with E-state index in [0.29, 0.717) is 13.0 Å². The third-order valence-corrected chi connectivity index (χ3v) is 4.42. The maximum absolute atomic E-state index is 11.6. The van der Waals surface area contributed by atoms with Crippen LogP contribution in [-0.2, 0) is 4.79 Å². The summed E-state index contributed by atoms with van der Waals surface area (Å²) in [7, 11) is 0. The maximum Gasteiger partial charge on any atom is 0.221 e. The van der Waals surface area contributed by atoms with Gasteiger partial charge in [-0.3, -0.25) is 4.79 Å². The van der Waals surface area contributed by atoms with Gasteiger partial charge in [0.25, 0.3) is 0 Å². The Morgan fingerprint density at radius 1 is 1.17 bits per heavy atom. The monoisotopic (exact) mass is 342 g/mol. The Balaban J connectivity index is 1.79. The number of anilines is 1. The molecule has 0 fully saturated rings. The van der Waals surface area contributed by atoms with E-state index in [4.69, 9.17) is 5.11 Å². The quantitative estimate of drug-likeness (QED) is 0.613. The van der Waals surface area contributed by atoms with Crippen LogP contribution in [0, 0.1) is 0 Å². The highest BCUT2D eigenvalue weighted by Crippen LogP contribution is 2.36. The number of hydrogen-bond acceptors (Lipinski definition) is 6. The van der Waals surface area contributed by atoms with Crippen LogP contribution in [0.2, 0.25) is 0 Å². The number of aliphatic hydroxyl groups excluding tert-OH is 1. The summed E-state index contributed by atoms with van der Waals surface area (Å²) in [6, 6.07) is 10.1. The molecule has 0 aliphatic rings. The molecular formula is C17H18N4O2S. The molecule has 0 aliphatic heterocycles. The molecule has 3 N–H and O–H groups in total. The summed E-state index contributed by atoms with van der Waals surface area (Å²) < 4.78 is 0. The minimum absolute atomic E-state index is 0.0545. The topological polar surface area (TPSA) is 87.1 Å². The molecule has 2 heterocycles. The molecule has 0 spiro atoms. The third-order valence-electron chi connectivity index (χ3n) is 3.53. The van der Waals surface area contributed by atoms with Crippen LogP contribution in [0.1, 0.15) is 6.42 Å². The number of rotatable bonds is 7. The van der Waals surface area contributed by atoms with E-state index < -0.39 is 0 Å². The highest BCUT2D eigenvalue weighted by atomic mass is 32.1. The Hall–Kier alpha value is -2.51. The second-order valence-electron chi connectivity index (χ2n) is 5.17. The highest BCUT2D eigenvalue weighted by Gasteiger charge is 2.13. The van der Waals surface area contributed by atoms with Gasteiger partial charge < -0.3 is 15.7 Å². The molecule has 3 rings (SSSR count). The number of nitrogens with one attached hydrogen (secondary N) is 2. The van der Waals surface area contributed by atoms with Gasteiger partial charge in [0.2, 0.25) is 5.91 Å². The Morgan fingerprint density at radius 2 is 2.00 bits per heavy atom. The van der Waals surface area contributed by atoms with Gasteiger partial charge in [-0.2, -0.15) is 0 Å². The zero-order chi connectivity index (χ0) is 16.8. The van der Waals surface area contributed by atoms with Gasteiger partial charge in [-0.15, -0.1) is 11.3 Å². The van der Waals surface area contributed by atoms with Crippen LogP contribution in [0.5, 0.6) is 0 Å². The minimum Gasteiger partial charge on any atom is -0.395 e. The standard InChI is InChI=1S/C17H18N4O2S/c22-9-8-18-14(23)6-7-19-16-15-13(12-4-2-1-3-5-12)10-24-17(15)21-11-20-16/h1-5,10-11,22H,6-9H2,(H,18,23)(H,19,20,21). The number of fused-ring (bicyclic) bond motifs is 1. The molecule has 3 aromatic rings. The molecule has 0 bridgehead atoms. The molecule has 24 heavy (non-hydrogen) atoms. The Kier molecular flexibility index (Phi) is 5.35. The van der Waals surface area contributed by atoms with Crippen molar-refractivity contribution in [1.29, 1.82) is 0 Å². The molecule has 0 unspecified atom stereocenters. The first kappa shape index (κ1) is 16.4. The van der Waals surface area contributed by atoms with E-state index in [9.17, 15) is 4.79 Å². The van der Waals surface area contributed by atoms with Crippen LogP contribution in [0.4, 0.5) is 5.82 Å². The fourth-order valence-electron chi connectivity index (χ4n) is 2.42. The van der Waals surface area contributed by atoms with Gasteiger partial charge in [-0.1, -0.05) is 30.3 Å². The number of carbonyl (C=O) groups is 1. The van der Waals surface area contributed by atoms with E-state index in [0.717, 1.165) is 27.2 Å². The number of nitrogens with zero attached hydrogens (tertiary/aromatic N) is 2. The third kappa shape index (κ3) is 3.69. The highest BCUT2D eigenvalue weighted by molar-refractivity contribution is 7.17. The summed E-state index contributed by atoms with van der Waals surface area (Å²) in [5, 5.41) is 17.6. The smallest absolute Gasteiger partial charge is 0.221 e. The van der Waals surface area contributed by atoms with Gasteiger partial charge in [0.05, 0.1) is 12.0 Å². The molecule has 1 aromatic carbocycles. The van der Waals surface area contributed by atoms with Crippen LogP contribution < -0.4 is 10.6 Å². The average molecular weight is 342 g/mol. The second kappa shape index (κ2) is 7.85. The van der Waals surface area contributed by atoms with Crippen molar-refractivity contribution in [2.24, 2.45) is 0 Å². The van der Waals surface area contributed by atoms with E-state index in [1.165, 1.54) is 6.33 Å². The van der Waals surface area contributed by atoms with Crippen molar-refractivity contribution in [3.8, 4) is 11.1 Å². The van der Waals surface area contributed by atoms with E-state index in [1.807, 2.05) is 18.2 Å². The van der Waals surface area contributed by atoms with Crippen molar-refractivity contribution in [1.82, 2.24) is 15.3 Å². The predicted octanol–water partition coefficient (Wildman–Crippen LogP) is 2.27. The lowest BCUT2D eigenvalue weighted by Gasteiger charge is -2.08. The number of carbonyl (C=O) groups excluding carboxylic acids is 1. The summed E-state index contributed by atoms with van der Waals surface area (Å²) in [4.78, 5) is 21.2. The van der Waals surface area contributed by atoms with Gasteiger partial charge in [-0.05, 0) is 5.56 Å². The lowest BCUT2D eigenvalue weighted by molar-refractivity contribution is -0.120. The number of amides is 1. The van der Waals surface area contributed by atoms with Crippen LogP contribution in [-0.4, -0.2) is 40.7 Å². The molecular weight excluding hydrogens is 324 g/mol. The Labute approximate surface area is 143 Å². The molecule has 0 radical (unpaired) electrons. The van der Waals surface area contributed by atoms with E-state index >= 15 is 0 Å². The molecule has 0 saturated heterocycles. The molecule has 6 nitrogen and oxygen atoms in total. The fraction of sp³-hybridized carbons (Fsp3) is 0.235. The molecule has 0 atom stereocenters. The first-order valence-electron chi connectivity index (χ1n) is 7.68. The maximum atomic E-state index is 11.6. The van der Waals surface area contributed by atoms with E-state index in [1.54, 1.807) is 11.3 Å². The molecule has 1 amide bonds.